The maximum Gasteiger partial charge on any atom is 0.416 e. The van der Waals surface area contributed by atoms with Crippen molar-refractivity contribution < 1.29 is 22.4 Å². The molecule has 0 atom stereocenters. The average Bonchev–Trinajstić information content (AvgIpc) is 3.19. The van der Waals surface area contributed by atoms with Crippen molar-refractivity contribution in [3.8, 4) is 11.5 Å². The number of thiazole rings is 1. The van der Waals surface area contributed by atoms with E-state index in [1.54, 1.807) is 0 Å². The molecule has 10 heteroatoms. The third-order valence-electron chi connectivity index (χ3n) is 3.74. The molecule has 2 aromatic heterocycles. The van der Waals surface area contributed by atoms with E-state index in [0.29, 0.717) is 5.13 Å². The molecule has 0 saturated carbocycles. The number of amides is 1. The van der Waals surface area contributed by atoms with Crippen LogP contribution in [-0.4, -0.2) is 21.1 Å². The van der Waals surface area contributed by atoms with Gasteiger partial charge in [0.25, 0.3) is 0 Å². The van der Waals surface area contributed by atoms with Gasteiger partial charge in [-0.25, -0.2) is 4.98 Å². The molecule has 1 aromatic carbocycles. The molecule has 3 rings (SSSR count). The third-order valence-corrected chi connectivity index (χ3v) is 4.73. The van der Waals surface area contributed by atoms with E-state index in [2.05, 4.69) is 20.5 Å². The predicted molar refractivity (Wildman–Crippen MR) is 93.3 cm³/mol. The number of benzene rings is 1. The molecule has 6 nitrogen and oxygen atoms in total. The van der Waals surface area contributed by atoms with Gasteiger partial charge in [0, 0.05) is 23.3 Å². The fraction of sp³-hybridized carbons (Fsp3) is 0.294. The second kappa shape index (κ2) is 7.47. The fourth-order valence-electron chi connectivity index (χ4n) is 2.23. The summed E-state index contributed by atoms with van der Waals surface area (Å²) in [6.07, 6.45) is -4.20. The van der Waals surface area contributed by atoms with Crippen LogP contribution in [0, 0.1) is 13.8 Å². The van der Waals surface area contributed by atoms with Gasteiger partial charge in [-0.1, -0.05) is 6.07 Å². The number of aromatic nitrogens is 3. The first-order chi connectivity index (χ1) is 12.7. The molecular formula is C17H15F3N4O2S. The van der Waals surface area contributed by atoms with E-state index in [1.165, 1.54) is 23.5 Å². The van der Waals surface area contributed by atoms with Crippen LogP contribution in [-0.2, 0) is 17.4 Å². The molecule has 27 heavy (non-hydrogen) atoms. The Hall–Kier alpha value is -2.75. The lowest BCUT2D eigenvalue weighted by molar-refractivity contribution is -0.137. The summed E-state index contributed by atoms with van der Waals surface area (Å²) in [5.74, 6) is -0.116. The van der Waals surface area contributed by atoms with Crippen molar-refractivity contribution >= 4 is 22.4 Å². The maximum absolute atomic E-state index is 12.8. The monoisotopic (exact) mass is 396 g/mol. The zero-order valence-corrected chi connectivity index (χ0v) is 15.2. The number of anilines is 1. The highest BCUT2D eigenvalue weighted by Gasteiger charge is 2.30. The smallest absolute Gasteiger partial charge is 0.416 e. The van der Waals surface area contributed by atoms with Crippen LogP contribution in [0.3, 0.4) is 0 Å². The number of carbonyl (C=O) groups excluding carboxylic acids is 1. The van der Waals surface area contributed by atoms with Crippen molar-refractivity contribution in [3.05, 3.63) is 46.3 Å². The SMILES string of the molecule is Cc1nc(NC(=O)CCc2nnc(-c3cccc(C(F)(F)F)c3)o2)sc1C. The number of aryl methyl sites for hydroxylation is 3. The third kappa shape index (κ3) is 4.70. The normalized spacial score (nSPS) is 11.6. The lowest BCUT2D eigenvalue weighted by atomic mass is 10.1. The van der Waals surface area contributed by atoms with Gasteiger partial charge in [0.05, 0.1) is 11.3 Å². The zero-order valence-electron chi connectivity index (χ0n) is 14.4. The molecule has 0 bridgehead atoms. The summed E-state index contributed by atoms with van der Waals surface area (Å²) in [4.78, 5) is 17.2. The van der Waals surface area contributed by atoms with Gasteiger partial charge in [-0.05, 0) is 32.0 Å². The van der Waals surface area contributed by atoms with Crippen molar-refractivity contribution in [2.75, 3.05) is 5.32 Å². The predicted octanol–water partition coefficient (Wildman–Crippen LogP) is 4.40. The molecule has 0 aliphatic rings. The number of rotatable bonds is 5. The molecule has 2 heterocycles. The van der Waals surface area contributed by atoms with Crippen molar-refractivity contribution in [1.82, 2.24) is 15.2 Å². The van der Waals surface area contributed by atoms with E-state index in [4.69, 9.17) is 4.42 Å². The average molecular weight is 396 g/mol. The van der Waals surface area contributed by atoms with E-state index in [0.717, 1.165) is 22.7 Å². The van der Waals surface area contributed by atoms with Crippen LogP contribution in [0.15, 0.2) is 28.7 Å². The summed E-state index contributed by atoms with van der Waals surface area (Å²) in [6.45, 7) is 3.77. The molecule has 0 radical (unpaired) electrons. The molecule has 0 fully saturated rings. The van der Waals surface area contributed by atoms with Crippen molar-refractivity contribution in [1.29, 1.82) is 0 Å². The minimum atomic E-state index is -4.45. The first-order valence-electron chi connectivity index (χ1n) is 7.96. The number of halogens is 3. The van der Waals surface area contributed by atoms with Gasteiger partial charge in [0.2, 0.25) is 17.7 Å². The van der Waals surface area contributed by atoms with Crippen molar-refractivity contribution in [2.24, 2.45) is 0 Å². The lowest BCUT2D eigenvalue weighted by Crippen LogP contribution is -2.12. The maximum atomic E-state index is 12.8. The second-order valence-electron chi connectivity index (χ2n) is 5.79. The Kier molecular flexibility index (Phi) is 5.26. The second-order valence-corrected chi connectivity index (χ2v) is 6.99. The molecule has 1 amide bonds. The summed E-state index contributed by atoms with van der Waals surface area (Å²) in [7, 11) is 0. The van der Waals surface area contributed by atoms with Gasteiger partial charge in [-0.15, -0.1) is 21.5 Å². The van der Waals surface area contributed by atoms with Crippen molar-refractivity contribution in [3.63, 3.8) is 0 Å². The standard InChI is InChI=1S/C17H15F3N4O2S/c1-9-10(2)27-16(21-9)22-13(25)6-7-14-23-24-15(26-14)11-4-3-5-12(8-11)17(18,19)20/h3-5,8H,6-7H2,1-2H3,(H,21,22,25). The van der Waals surface area contributed by atoms with Gasteiger partial charge in [-0.3, -0.25) is 4.79 Å². The highest BCUT2D eigenvalue weighted by Crippen LogP contribution is 2.31. The Morgan fingerprint density at radius 1 is 1.26 bits per heavy atom. The molecule has 0 spiro atoms. The van der Waals surface area contributed by atoms with E-state index < -0.39 is 11.7 Å². The Morgan fingerprint density at radius 2 is 2.04 bits per heavy atom. The Bertz CT molecular complexity index is 946. The largest absolute Gasteiger partial charge is 0.421 e. The van der Waals surface area contributed by atoms with Crippen LogP contribution in [0.2, 0.25) is 0 Å². The summed E-state index contributed by atoms with van der Waals surface area (Å²) < 4.78 is 43.7. The van der Waals surface area contributed by atoms with Gasteiger partial charge >= 0.3 is 6.18 Å². The molecule has 0 saturated heterocycles. The highest BCUT2D eigenvalue weighted by molar-refractivity contribution is 7.15. The minimum absolute atomic E-state index is 0.0253. The first-order valence-corrected chi connectivity index (χ1v) is 8.78. The minimum Gasteiger partial charge on any atom is -0.421 e. The fourth-order valence-corrected chi connectivity index (χ4v) is 3.06. The zero-order chi connectivity index (χ0) is 19.6. The van der Waals surface area contributed by atoms with Gasteiger partial charge in [0.15, 0.2) is 5.13 Å². The van der Waals surface area contributed by atoms with E-state index in [1.807, 2.05) is 13.8 Å². The van der Waals surface area contributed by atoms with E-state index >= 15 is 0 Å². The molecule has 0 aliphatic heterocycles. The summed E-state index contributed by atoms with van der Waals surface area (Å²) >= 11 is 1.38. The molecule has 142 valence electrons. The van der Waals surface area contributed by atoms with Crippen LogP contribution in [0.5, 0.6) is 0 Å². The Balaban J connectivity index is 1.62. The van der Waals surface area contributed by atoms with Gasteiger partial charge < -0.3 is 9.73 Å². The molecular weight excluding hydrogens is 381 g/mol. The van der Waals surface area contributed by atoms with Gasteiger partial charge in [-0.2, -0.15) is 13.2 Å². The van der Waals surface area contributed by atoms with Crippen LogP contribution in [0.1, 0.15) is 28.4 Å². The topological polar surface area (TPSA) is 80.9 Å². The van der Waals surface area contributed by atoms with Crippen LogP contribution in [0.4, 0.5) is 18.3 Å². The summed E-state index contributed by atoms with van der Waals surface area (Å²) in [5.41, 5.74) is 0.229. The Labute approximate surface area is 156 Å². The van der Waals surface area contributed by atoms with Crippen LogP contribution in [0.25, 0.3) is 11.5 Å². The highest BCUT2D eigenvalue weighted by atomic mass is 32.1. The lowest BCUT2D eigenvalue weighted by Gasteiger charge is -2.06. The van der Waals surface area contributed by atoms with Crippen molar-refractivity contribution in [2.45, 2.75) is 32.9 Å². The molecule has 0 unspecified atom stereocenters. The van der Waals surface area contributed by atoms with Gasteiger partial charge in [0.1, 0.15) is 0 Å². The first kappa shape index (κ1) is 19.0. The summed E-state index contributed by atoms with van der Waals surface area (Å²) in [5, 5.41) is 10.8. The summed E-state index contributed by atoms with van der Waals surface area (Å²) in [6, 6.07) is 4.63. The Morgan fingerprint density at radius 3 is 2.70 bits per heavy atom. The molecule has 1 N–H and O–H groups in total. The van der Waals surface area contributed by atoms with E-state index in [-0.39, 0.29) is 36.1 Å². The number of hydrogen-bond donors (Lipinski definition) is 1. The quantitative estimate of drug-likeness (QED) is 0.691. The molecule has 3 aromatic rings. The molecule has 0 aliphatic carbocycles. The number of hydrogen-bond acceptors (Lipinski definition) is 6. The number of nitrogens with one attached hydrogen (secondary N) is 1. The number of alkyl halides is 3. The number of carbonyl (C=O) groups is 1. The van der Waals surface area contributed by atoms with E-state index in [9.17, 15) is 18.0 Å². The van der Waals surface area contributed by atoms with Crippen LogP contribution >= 0.6 is 11.3 Å². The number of nitrogens with zero attached hydrogens (tertiary/aromatic N) is 3. The van der Waals surface area contributed by atoms with Crippen LogP contribution < -0.4 is 5.32 Å².